The van der Waals surface area contributed by atoms with Gasteiger partial charge in [-0.15, -0.1) is 0 Å². The largest absolute Gasteiger partial charge is 0.368 e. The summed E-state index contributed by atoms with van der Waals surface area (Å²) in [5.41, 5.74) is 0. The van der Waals surface area contributed by atoms with Gasteiger partial charge in [0.25, 0.3) is 0 Å². The van der Waals surface area contributed by atoms with Crippen molar-refractivity contribution in [2.45, 2.75) is 7.43 Å². The van der Waals surface area contributed by atoms with Crippen molar-refractivity contribution in [3.05, 3.63) is 24.5 Å². The monoisotopic (exact) mass is 113 g/mol. The number of nitrogens with one attached hydrogen (secondary N) is 1. The number of carbonyl (C=O) groups is 1. The molecule has 0 bridgehead atoms. The maximum Gasteiger partial charge on any atom is 0.106 e. The molecule has 0 radical (unpaired) electrons. The summed E-state index contributed by atoms with van der Waals surface area (Å²) in [5.74, 6) is 0. The van der Waals surface area contributed by atoms with E-state index in [-0.39, 0.29) is 7.43 Å². The first-order valence-electron chi connectivity index (χ1n) is 1.87. The van der Waals surface area contributed by atoms with E-state index in [0.717, 1.165) is 0 Å². The highest BCUT2D eigenvalue weighted by Gasteiger charge is 1.55. The molecule has 0 amide bonds. The average Bonchev–Trinajstić information content (AvgIpc) is 2.23. The maximum atomic E-state index is 8.00. The van der Waals surface area contributed by atoms with Gasteiger partial charge in [0.1, 0.15) is 6.79 Å². The van der Waals surface area contributed by atoms with E-state index in [0.29, 0.717) is 0 Å². The molecule has 2 nitrogen and oxygen atoms in total. The lowest BCUT2D eigenvalue weighted by atomic mass is 10.7. The summed E-state index contributed by atoms with van der Waals surface area (Å²) in [7, 11) is 0. The first-order valence-corrected chi connectivity index (χ1v) is 1.87. The highest BCUT2D eigenvalue weighted by Crippen LogP contribution is 1.72. The summed E-state index contributed by atoms with van der Waals surface area (Å²) in [6.07, 6.45) is 3.75. The zero-order valence-corrected chi connectivity index (χ0v) is 3.92. The van der Waals surface area contributed by atoms with Gasteiger partial charge in [-0.2, -0.15) is 0 Å². The Kier molecular flexibility index (Phi) is 11.7. The molecule has 0 aliphatic carbocycles. The van der Waals surface area contributed by atoms with E-state index >= 15 is 0 Å². The number of H-pyrrole nitrogens is 1. The second kappa shape index (κ2) is 9.34. The zero-order chi connectivity index (χ0) is 5.54. The van der Waals surface area contributed by atoms with E-state index in [1.54, 1.807) is 0 Å². The molecule has 1 aromatic rings. The van der Waals surface area contributed by atoms with Crippen molar-refractivity contribution in [1.29, 1.82) is 0 Å². The minimum absolute atomic E-state index is 0. The van der Waals surface area contributed by atoms with Gasteiger partial charge in [0, 0.05) is 12.4 Å². The Morgan fingerprint density at radius 2 is 1.50 bits per heavy atom. The topological polar surface area (TPSA) is 32.9 Å². The molecule has 0 aliphatic heterocycles. The average molecular weight is 113 g/mol. The van der Waals surface area contributed by atoms with Gasteiger partial charge in [0.2, 0.25) is 0 Å². The highest BCUT2D eigenvalue weighted by atomic mass is 16.1. The molecule has 0 saturated carbocycles. The van der Waals surface area contributed by atoms with E-state index in [9.17, 15) is 0 Å². The van der Waals surface area contributed by atoms with Crippen LogP contribution < -0.4 is 0 Å². The second-order valence-electron chi connectivity index (χ2n) is 0.885. The molecular weight excluding hydrogens is 102 g/mol. The number of rotatable bonds is 0. The first-order chi connectivity index (χ1) is 3.50. The summed E-state index contributed by atoms with van der Waals surface area (Å²) in [6, 6.07) is 3.89. The molecule has 1 N–H and O–H groups in total. The highest BCUT2D eigenvalue weighted by molar-refractivity contribution is 5.10. The Bertz CT molecular complexity index is 75.4. The van der Waals surface area contributed by atoms with Crippen molar-refractivity contribution in [1.82, 2.24) is 4.98 Å². The number of hydrogen-bond acceptors (Lipinski definition) is 1. The fraction of sp³-hybridized carbons (Fsp3) is 0.167. The van der Waals surface area contributed by atoms with Crippen molar-refractivity contribution in [2.24, 2.45) is 0 Å². The van der Waals surface area contributed by atoms with Crippen molar-refractivity contribution in [3.8, 4) is 0 Å². The van der Waals surface area contributed by atoms with Crippen LogP contribution >= 0.6 is 0 Å². The van der Waals surface area contributed by atoms with Gasteiger partial charge < -0.3 is 9.78 Å². The molecule has 0 aliphatic rings. The van der Waals surface area contributed by atoms with Crippen molar-refractivity contribution in [2.75, 3.05) is 0 Å². The van der Waals surface area contributed by atoms with Crippen molar-refractivity contribution < 1.29 is 4.79 Å². The zero-order valence-electron chi connectivity index (χ0n) is 3.92. The van der Waals surface area contributed by atoms with E-state index in [1.165, 1.54) is 0 Å². The van der Waals surface area contributed by atoms with Gasteiger partial charge >= 0.3 is 0 Å². The summed E-state index contributed by atoms with van der Waals surface area (Å²) in [5, 5.41) is 0. The van der Waals surface area contributed by atoms with Crippen LogP contribution in [0, 0.1) is 0 Å². The Morgan fingerprint density at radius 1 is 1.12 bits per heavy atom. The minimum Gasteiger partial charge on any atom is -0.368 e. The summed E-state index contributed by atoms with van der Waals surface area (Å²) in [6.45, 7) is 2.00. The smallest absolute Gasteiger partial charge is 0.106 e. The molecule has 8 heavy (non-hydrogen) atoms. The molecule has 0 atom stereocenters. The fourth-order valence-electron chi connectivity index (χ4n) is 0.278. The molecule has 0 aromatic carbocycles. The lowest BCUT2D eigenvalue weighted by molar-refractivity contribution is -0.0979. The molecule has 46 valence electrons. The van der Waals surface area contributed by atoms with Crippen LogP contribution in [0.15, 0.2) is 24.5 Å². The van der Waals surface area contributed by atoms with Gasteiger partial charge in [0.15, 0.2) is 0 Å². The van der Waals surface area contributed by atoms with Crippen LogP contribution in [0.1, 0.15) is 7.43 Å². The fourth-order valence-corrected chi connectivity index (χ4v) is 0.278. The maximum absolute atomic E-state index is 8.00. The summed E-state index contributed by atoms with van der Waals surface area (Å²) >= 11 is 0. The van der Waals surface area contributed by atoms with E-state index in [1.807, 2.05) is 31.3 Å². The molecular formula is C6H11NO. The second-order valence-corrected chi connectivity index (χ2v) is 0.885. The van der Waals surface area contributed by atoms with Crippen LogP contribution in [0.25, 0.3) is 0 Å². The van der Waals surface area contributed by atoms with Gasteiger partial charge in [-0.1, -0.05) is 7.43 Å². The third-order valence-electron chi connectivity index (χ3n) is 0.496. The standard InChI is InChI=1S/C4H5N.CH2O.CH4/c1-2-4-5-3-1;1-2;/h1-5H;1H2;1H4. The number of aromatic nitrogens is 1. The molecule has 0 saturated heterocycles. The molecule has 1 heterocycles. The molecule has 1 rings (SSSR count). The van der Waals surface area contributed by atoms with Gasteiger partial charge in [-0.25, -0.2) is 0 Å². The van der Waals surface area contributed by atoms with E-state index < -0.39 is 0 Å². The molecule has 1 aromatic heterocycles. The van der Waals surface area contributed by atoms with Gasteiger partial charge in [-0.05, 0) is 12.1 Å². The predicted molar refractivity (Wildman–Crippen MR) is 34.6 cm³/mol. The van der Waals surface area contributed by atoms with Crippen LogP contribution in [0.4, 0.5) is 0 Å². The molecule has 0 spiro atoms. The SMILES string of the molecule is C.C=O.c1cc[nH]c1. The lowest BCUT2D eigenvalue weighted by Crippen LogP contribution is -1.38. The van der Waals surface area contributed by atoms with Crippen LogP contribution in [0.5, 0.6) is 0 Å². The third kappa shape index (κ3) is 4.95. The van der Waals surface area contributed by atoms with E-state index in [2.05, 4.69) is 4.98 Å². The Morgan fingerprint density at radius 3 is 1.62 bits per heavy atom. The summed E-state index contributed by atoms with van der Waals surface area (Å²) < 4.78 is 0. The van der Waals surface area contributed by atoms with Crippen LogP contribution in [0.2, 0.25) is 0 Å². The van der Waals surface area contributed by atoms with Crippen LogP contribution in [-0.4, -0.2) is 11.8 Å². The van der Waals surface area contributed by atoms with E-state index in [4.69, 9.17) is 4.79 Å². The normalized spacial score (nSPS) is 5.50. The van der Waals surface area contributed by atoms with Crippen molar-refractivity contribution >= 4 is 6.79 Å². The van der Waals surface area contributed by atoms with Crippen LogP contribution in [0.3, 0.4) is 0 Å². The predicted octanol–water partition coefficient (Wildman–Crippen LogP) is 1.47. The molecule has 0 unspecified atom stereocenters. The quantitative estimate of drug-likeness (QED) is 0.543. The number of aromatic amines is 1. The Hall–Kier alpha value is -1.05. The first kappa shape index (κ1) is 10.0. The molecule has 0 fully saturated rings. The van der Waals surface area contributed by atoms with Gasteiger partial charge in [-0.3, -0.25) is 0 Å². The molecule has 2 heteroatoms. The number of carbonyl (C=O) groups excluding carboxylic acids is 1. The summed E-state index contributed by atoms with van der Waals surface area (Å²) in [4.78, 5) is 10.9. The minimum atomic E-state index is 0. The Balaban J connectivity index is 0. The van der Waals surface area contributed by atoms with Gasteiger partial charge in [0.05, 0.1) is 0 Å². The lowest BCUT2D eigenvalue weighted by Gasteiger charge is -1.49. The third-order valence-corrected chi connectivity index (χ3v) is 0.496. The van der Waals surface area contributed by atoms with Crippen molar-refractivity contribution in [3.63, 3.8) is 0 Å². The Labute approximate surface area is 49.5 Å². The van der Waals surface area contributed by atoms with Crippen LogP contribution in [-0.2, 0) is 4.79 Å². The number of hydrogen-bond donors (Lipinski definition) is 1.